The van der Waals surface area contributed by atoms with Crippen LogP contribution in [0.5, 0.6) is 11.5 Å². The van der Waals surface area contributed by atoms with Crippen molar-refractivity contribution in [3.05, 3.63) is 57.3 Å². The lowest BCUT2D eigenvalue weighted by Gasteiger charge is -2.09. The van der Waals surface area contributed by atoms with Gasteiger partial charge in [0, 0.05) is 21.1 Å². The number of hydrogen-bond donors (Lipinski definition) is 1. The molecular formula is C19H22N6O4. The number of fused-ring (bicyclic) bond motifs is 1. The van der Waals surface area contributed by atoms with Crippen LogP contribution in [0.25, 0.3) is 11.2 Å². The maximum atomic E-state index is 12.4. The highest BCUT2D eigenvalue weighted by atomic mass is 16.5. The fraction of sp³-hybridized carbons (Fsp3) is 0.263. The average molecular weight is 398 g/mol. The molecule has 0 radical (unpaired) electrons. The van der Waals surface area contributed by atoms with Crippen LogP contribution in [0.3, 0.4) is 0 Å². The van der Waals surface area contributed by atoms with Crippen LogP contribution >= 0.6 is 0 Å². The summed E-state index contributed by atoms with van der Waals surface area (Å²) in [6, 6.07) is 5.37. The Balaban J connectivity index is 1.88. The van der Waals surface area contributed by atoms with Gasteiger partial charge in [-0.05, 0) is 23.8 Å². The number of rotatable bonds is 7. The quantitative estimate of drug-likeness (QED) is 0.362. The molecule has 0 saturated heterocycles. The normalized spacial score (nSPS) is 11.2. The highest BCUT2D eigenvalue weighted by molar-refractivity contribution is 5.81. The summed E-state index contributed by atoms with van der Waals surface area (Å²) in [5.41, 5.74) is 3.29. The van der Waals surface area contributed by atoms with Crippen molar-refractivity contribution in [2.75, 3.05) is 19.1 Å². The molecule has 1 N–H and O–H groups in total. The first-order valence-corrected chi connectivity index (χ1v) is 8.72. The van der Waals surface area contributed by atoms with Gasteiger partial charge in [-0.2, -0.15) is 10.1 Å². The van der Waals surface area contributed by atoms with Crippen LogP contribution < -0.4 is 26.1 Å². The summed E-state index contributed by atoms with van der Waals surface area (Å²) in [5.74, 6) is 1.49. The fourth-order valence-electron chi connectivity index (χ4n) is 2.82. The molecule has 10 nitrogen and oxygen atoms in total. The van der Waals surface area contributed by atoms with Crippen molar-refractivity contribution >= 4 is 23.3 Å². The van der Waals surface area contributed by atoms with Crippen molar-refractivity contribution in [3.8, 4) is 11.5 Å². The fourth-order valence-corrected chi connectivity index (χ4v) is 2.82. The smallest absolute Gasteiger partial charge is 0.332 e. The summed E-state index contributed by atoms with van der Waals surface area (Å²) < 4.78 is 14.8. The van der Waals surface area contributed by atoms with Crippen LogP contribution in [0.4, 0.5) is 5.95 Å². The standard InChI is InChI=1S/C19H22N6O4/c1-6-9-29-13-8-7-12(10-14(13)28-5)11-20-22-18-21-16-15(23(18)2)17(26)25(4)19(27)24(16)3/h6-8,10-11H,1,9H2,2-5H3,(H,21,22). The van der Waals surface area contributed by atoms with E-state index in [4.69, 9.17) is 9.47 Å². The Hall–Kier alpha value is -3.82. The number of hydrazone groups is 1. The lowest BCUT2D eigenvalue weighted by Crippen LogP contribution is -2.37. The minimum absolute atomic E-state index is 0.281. The van der Waals surface area contributed by atoms with E-state index in [0.29, 0.717) is 29.6 Å². The molecule has 10 heteroatoms. The minimum Gasteiger partial charge on any atom is -0.493 e. The number of nitrogens with one attached hydrogen (secondary N) is 1. The summed E-state index contributed by atoms with van der Waals surface area (Å²) in [7, 11) is 6.22. The van der Waals surface area contributed by atoms with Crippen molar-refractivity contribution in [1.29, 1.82) is 0 Å². The average Bonchev–Trinajstić information content (AvgIpc) is 3.06. The van der Waals surface area contributed by atoms with Crippen LogP contribution in [0.15, 0.2) is 45.5 Å². The number of ether oxygens (including phenoxy) is 2. The largest absolute Gasteiger partial charge is 0.493 e. The Morgan fingerprint density at radius 1 is 1.17 bits per heavy atom. The second-order valence-electron chi connectivity index (χ2n) is 6.25. The molecule has 0 saturated carbocycles. The molecule has 2 aromatic heterocycles. The van der Waals surface area contributed by atoms with E-state index in [1.165, 1.54) is 11.6 Å². The molecule has 152 valence electrons. The summed E-state index contributed by atoms with van der Waals surface area (Å²) >= 11 is 0. The number of nitrogens with zero attached hydrogens (tertiary/aromatic N) is 5. The van der Waals surface area contributed by atoms with Crippen molar-refractivity contribution in [1.82, 2.24) is 18.7 Å². The SMILES string of the molecule is C=CCOc1ccc(C=NNc2nc3c(c(=O)n(C)c(=O)n3C)n2C)cc1OC. The zero-order chi connectivity index (χ0) is 21.1. The van der Waals surface area contributed by atoms with Crippen LogP contribution in [-0.2, 0) is 21.1 Å². The summed E-state index contributed by atoms with van der Waals surface area (Å²) in [4.78, 5) is 28.8. The Kier molecular flexibility index (Phi) is 5.53. The van der Waals surface area contributed by atoms with Crippen LogP contribution in [0.1, 0.15) is 5.56 Å². The van der Waals surface area contributed by atoms with E-state index in [-0.39, 0.29) is 5.65 Å². The van der Waals surface area contributed by atoms with Crippen molar-refractivity contribution in [2.45, 2.75) is 0 Å². The molecule has 1 aromatic carbocycles. The highest BCUT2D eigenvalue weighted by Crippen LogP contribution is 2.27. The van der Waals surface area contributed by atoms with E-state index < -0.39 is 11.2 Å². The van der Waals surface area contributed by atoms with Gasteiger partial charge in [-0.1, -0.05) is 12.7 Å². The van der Waals surface area contributed by atoms with E-state index in [2.05, 4.69) is 22.1 Å². The first-order valence-electron chi connectivity index (χ1n) is 8.72. The molecule has 2 heterocycles. The molecule has 3 rings (SSSR count). The molecule has 0 amide bonds. The first kappa shape index (κ1) is 19.9. The van der Waals surface area contributed by atoms with Gasteiger partial charge in [0.05, 0.1) is 13.3 Å². The van der Waals surface area contributed by atoms with Gasteiger partial charge in [-0.3, -0.25) is 13.9 Å². The van der Waals surface area contributed by atoms with Gasteiger partial charge in [-0.25, -0.2) is 10.2 Å². The van der Waals surface area contributed by atoms with E-state index in [9.17, 15) is 9.59 Å². The van der Waals surface area contributed by atoms with E-state index in [1.54, 1.807) is 50.2 Å². The number of anilines is 1. The minimum atomic E-state index is -0.443. The van der Waals surface area contributed by atoms with E-state index in [0.717, 1.165) is 10.1 Å². The number of imidazole rings is 1. The van der Waals surface area contributed by atoms with Crippen LogP contribution in [0, 0.1) is 0 Å². The van der Waals surface area contributed by atoms with E-state index in [1.807, 2.05) is 6.07 Å². The number of aromatic nitrogens is 4. The second kappa shape index (κ2) is 8.05. The molecule has 0 unspecified atom stereocenters. The molecule has 0 aliphatic heterocycles. The van der Waals surface area contributed by atoms with Gasteiger partial charge in [0.25, 0.3) is 5.56 Å². The summed E-state index contributed by atoms with van der Waals surface area (Å²) in [6.07, 6.45) is 3.23. The first-order chi connectivity index (χ1) is 13.9. The van der Waals surface area contributed by atoms with Gasteiger partial charge >= 0.3 is 5.69 Å². The number of methoxy groups -OCH3 is 1. The topological polar surface area (TPSA) is 105 Å². The summed E-state index contributed by atoms with van der Waals surface area (Å²) in [6.45, 7) is 3.99. The van der Waals surface area contributed by atoms with Gasteiger partial charge in [0.1, 0.15) is 6.61 Å². The number of hydrogen-bond acceptors (Lipinski definition) is 7. The predicted octanol–water partition coefficient (Wildman–Crippen LogP) is 0.990. The predicted molar refractivity (Wildman–Crippen MR) is 111 cm³/mol. The zero-order valence-corrected chi connectivity index (χ0v) is 16.7. The molecule has 3 aromatic rings. The van der Waals surface area contributed by atoms with E-state index >= 15 is 0 Å². The molecule has 0 bridgehead atoms. The maximum absolute atomic E-state index is 12.4. The zero-order valence-electron chi connectivity index (χ0n) is 16.7. The lowest BCUT2D eigenvalue weighted by atomic mass is 10.2. The van der Waals surface area contributed by atoms with Crippen molar-refractivity contribution < 1.29 is 9.47 Å². The third kappa shape index (κ3) is 3.64. The molecule has 29 heavy (non-hydrogen) atoms. The molecular weight excluding hydrogens is 376 g/mol. The Morgan fingerprint density at radius 3 is 2.62 bits per heavy atom. The monoisotopic (exact) mass is 398 g/mol. The lowest BCUT2D eigenvalue weighted by molar-refractivity contribution is 0.326. The molecule has 0 atom stereocenters. The van der Waals surface area contributed by atoms with Gasteiger partial charge < -0.3 is 14.0 Å². The van der Waals surface area contributed by atoms with Crippen molar-refractivity contribution in [2.24, 2.45) is 26.2 Å². The van der Waals surface area contributed by atoms with Crippen molar-refractivity contribution in [3.63, 3.8) is 0 Å². The van der Waals surface area contributed by atoms with Crippen LogP contribution in [-0.4, -0.2) is 38.6 Å². The Morgan fingerprint density at radius 2 is 1.93 bits per heavy atom. The number of aryl methyl sites for hydroxylation is 2. The molecule has 0 spiro atoms. The number of benzene rings is 1. The molecule has 0 aliphatic carbocycles. The van der Waals surface area contributed by atoms with Gasteiger partial charge in [0.2, 0.25) is 5.95 Å². The Labute approximate surface area is 166 Å². The highest BCUT2D eigenvalue weighted by Gasteiger charge is 2.16. The third-order valence-corrected chi connectivity index (χ3v) is 4.40. The molecule has 0 aliphatic rings. The van der Waals surface area contributed by atoms with Gasteiger partial charge in [-0.15, -0.1) is 0 Å². The second-order valence-corrected chi connectivity index (χ2v) is 6.25. The van der Waals surface area contributed by atoms with Gasteiger partial charge in [0.15, 0.2) is 22.7 Å². The van der Waals surface area contributed by atoms with Crippen LogP contribution in [0.2, 0.25) is 0 Å². The summed E-state index contributed by atoms with van der Waals surface area (Å²) in [5, 5.41) is 4.17. The molecule has 0 fully saturated rings. The third-order valence-electron chi connectivity index (χ3n) is 4.40. The Bertz CT molecular complexity index is 1220. The maximum Gasteiger partial charge on any atom is 0.332 e.